The Morgan fingerprint density at radius 3 is 2.35 bits per heavy atom. The molecule has 0 aliphatic heterocycles. The predicted octanol–water partition coefficient (Wildman–Crippen LogP) is 2.82. The molecule has 0 aliphatic carbocycles. The molecule has 1 rings (SSSR count). The van der Waals surface area contributed by atoms with Crippen LogP contribution in [0.2, 0.25) is 0 Å². The molecule has 2 N–H and O–H groups in total. The molecule has 1 aromatic carbocycles. The van der Waals surface area contributed by atoms with E-state index in [0.29, 0.717) is 6.54 Å². The Labute approximate surface area is 121 Å². The van der Waals surface area contributed by atoms with Crippen LogP contribution < -0.4 is 10.1 Å². The summed E-state index contributed by atoms with van der Waals surface area (Å²) in [5.74, 6) is -0.169. The second-order valence-corrected chi connectivity index (χ2v) is 6.20. The van der Waals surface area contributed by atoms with Crippen molar-refractivity contribution in [1.29, 1.82) is 0 Å². The summed E-state index contributed by atoms with van der Waals surface area (Å²) in [5, 5.41) is 12.3. The van der Waals surface area contributed by atoms with Crippen LogP contribution in [0.15, 0.2) is 24.3 Å². The summed E-state index contributed by atoms with van der Waals surface area (Å²) in [4.78, 5) is 11.4. The van der Waals surface area contributed by atoms with Crippen molar-refractivity contribution in [2.24, 2.45) is 0 Å². The SMILES string of the molecule is CCNC(C)(COc1ccccc1C(C)(C)C)C(=O)O. The molecule has 0 heterocycles. The first kappa shape index (κ1) is 16.5. The van der Waals surface area contributed by atoms with Gasteiger partial charge in [0.2, 0.25) is 0 Å². The van der Waals surface area contributed by atoms with E-state index < -0.39 is 11.5 Å². The topological polar surface area (TPSA) is 58.6 Å². The standard InChI is InChI=1S/C16H25NO3/c1-6-17-16(5,14(18)19)11-20-13-10-8-7-9-12(13)15(2,3)4/h7-10,17H,6,11H2,1-5H3,(H,18,19). The van der Waals surface area contributed by atoms with Gasteiger partial charge in [-0.05, 0) is 30.5 Å². The summed E-state index contributed by atoms with van der Waals surface area (Å²) >= 11 is 0. The third-order valence-electron chi connectivity index (χ3n) is 3.25. The van der Waals surface area contributed by atoms with Gasteiger partial charge in [-0.25, -0.2) is 0 Å². The lowest BCUT2D eigenvalue weighted by Crippen LogP contribution is -2.53. The molecule has 112 valence electrons. The first-order valence-electron chi connectivity index (χ1n) is 6.91. The van der Waals surface area contributed by atoms with Gasteiger partial charge in [-0.2, -0.15) is 0 Å². The maximum atomic E-state index is 11.4. The molecule has 20 heavy (non-hydrogen) atoms. The van der Waals surface area contributed by atoms with Crippen molar-refractivity contribution in [2.75, 3.05) is 13.2 Å². The number of hydrogen-bond donors (Lipinski definition) is 2. The van der Waals surface area contributed by atoms with Crippen LogP contribution in [0.25, 0.3) is 0 Å². The number of nitrogens with one attached hydrogen (secondary N) is 1. The highest BCUT2D eigenvalue weighted by Crippen LogP contribution is 2.31. The first-order chi connectivity index (χ1) is 9.20. The van der Waals surface area contributed by atoms with Gasteiger partial charge in [0, 0.05) is 0 Å². The number of carboxylic acid groups (broad SMARTS) is 1. The van der Waals surface area contributed by atoms with E-state index in [1.165, 1.54) is 0 Å². The van der Waals surface area contributed by atoms with Gasteiger partial charge in [-0.1, -0.05) is 45.9 Å². The number of ether oxygens (including phenoxy) is 1. The minimum atomic E-state index is -1.08. The lowest BCUT2D eigenvalue weighted by molar-refractivity contribution is -0.145. The number of likely N-dealkylation sites (N-methyl/N-ethyl adjacent to an activating group) is 1. The number of rotatable bonds is 6. The van der Waals surface area contributed by atoms with Crippen LogP contribution >= 0.6 is 0 Å². The second-order valence-electron chi connectivity index (χ2n) is 6.20. The van der Waals surface area contributed by atoms with Gasteiger partial charge in [0.25, 0.3) is 0 Å². The zero-order valence-corrected chi connectivity index (χ0v) is 13.0. The highest BCUT2D eigenvalue weighted by molar-refractivity contribution is 5.78. The predicted molar refractivity (Wildman–Crippen MR) is 80.4 cm³/mol. The molecule has 0 spiro atoms. The molecule has 4 nitrogen and oxygen atoms in total. The molecule has 0 saturated carbocycles. The van der Waals surface area contributed by atoms with Gasteiger partial charge < -0.3 is 9.84 Å². The van der Waals surface area contributed by atoms with Gasteiger partial charge in [-0.15, -0.1) is 0 Å². The zero-order chi connectivity index (χ0) is 15.4. The van der Waals surface area contributed by atoms with Crippen LogP contribution in [0.5, 0.6) is 5.75 Å². The van der Waals surface area contributed by atoms with Gasteiger partial charge in [0.05, 0.1) is 0 Å². The van der Waals surface area contributed by atoms with Crippen molar-refractivity contribution in [3.05, 3.63) is 29.8 Å². The van der Waals surface area contributed by atoms with Crippen molar-refractivity contribution in [2.45, 2.75) is 45.6 Å². The second kappa shape index (κ2) is 6.27. The van der Waals surface area contributed by atoms with Crippen LogP contribution in [0.1, 0.15) is 40.2 Å². The van der Waals surface area contributed by atoms with Crippen molar-refractivity contribution in [3.8, 4) is 5.75 Å². The number of aliphatic carboxylic acids is 1. The number of benzene rings is 1. The number of carboxylic acids is 1. The molecule has 0 fully saturated rings. The summed E-state index contributed by atoms with van der Waals surface area (Å²) in [6, 6.07) is 7.76. The van der Waals surface area contributed by atoms with Crippen molar-refractivity contribution in [3.63, 3.8) is 0 Å². The van der Waals surface area contributed by atoms with E-state index >= 15 is 0 Å². The van der Waals surface area contributed by atoms with Crippen LogP contribution in [0.4, 0.5) is 0 Å². The molecule has 0 radical (unpaired) electrons. The summed E-state index contributed by atoms with van der Waals surface area (Å²) in [6.45, 7) is 10.5. The first-order valence-corrected chi connectivity index (χ1v) is 6.91. The van der Waals surface area contributed by atoms with Gasteiger partial charge in [-0.3, -0.25) is 10.1 Å². The summed E-state index contributed by atoms with van der Waals surface area (Å²) in [5.41, 5.74) is -0.0574. The Morgan fingerprint density at radius 2 is 1.85 bits per heavy atom. The third-order valence-corrected chi connectivity index (χ3v) is 3.25. The molecule has 1 aromatic rings. The number of hydrogen-bond acceptors (Lipinski definition) is 3. The van der Waals surface area contributed by atoms with Crippen LogP contribution in [0, 0.1) is 0 Å². The molecule has 0 amide bonds. The molecule has 1 unspecified atom stereocenters. The highest BCUT2D eigenvalue weighted by Gasteiger charge is 2.33. The Kier molecular flexibility index (Phi) is 5.17. The maximum Gasteiger partial charge on any atom is 0.327 e. The quantitative estimate of drug-likeness (QED) is 0.840. The average Bonchev–Trinajstić information content (AvgIpc) is 2.36. The van der Waals surface area contributed by atoms with E-state index in [1.807, 2.05) is 31.2 Å². The lowest BCUT2D eigenvalue weighted by atomic mass is 9.86. The molecule has 0 saturated heterocycles. The summed E-state index contributed by atoms with van der Waals surface area (Å²) in [6.07, 6.45) is 0. The smallest absolute Gasteiger partial charge is 0.327 e. The van der Waals surface area contributed by atoms with Crippen LogP contribution in [0.3, 0.4) is 0 Å². The summed E-state index contributed by atoms with van der Waals surface area (Å²) < 4.78 is 5.80. The Hall–Kier alpha value is -1.55. The maximum absolute atomic E-state index is 11.4. The average molecular weight is 279 g/mol. The molecule has 0 bridgehead atoms. The fourth-order valence-corrected chi connectivity index (χ4v) is 2.01. The van der Waals surface area contributed by atoms with E-state index in [9.17, 15) is 9.90 Å². The van der Waals surface area contributed by atoms with E-state index in [4.69, 9.17) is 4.74 Å². The van der Waals surface area contributed by atoms with Crippen molar-refractivity contribution >= 4 is 5.97 Å². The van der Waals surface area contributed by atoms with E-state index in [-0.39, 0.29) is 12.0 Å². The molecule has 0 aliphatic rings. The summed E-state index contributed by atoms with van der Waals surface area (Å²) in [7, 11) is 0. The number of para-hydroxylation sites is 1. The number of carbonyl (C=O) groups is 1. The fraction of sp³-hybridized carbons (Fsp3) is 0.562. The van der Waals surface area contributed by atoms with E-state index in [0.717, 1.165) is 11.3 Å². The normalized spacial score (nSPS) is 14.7. The molecular weight excluding hydrogens is 254 g/mol. The fourth-order valence-electron chi connectivity index (χ4n) is 2.01. The molecule has 0 aromatic heterocycles. The minimum Gasteiger partial charge on any atom is -0.491 e. The molecule has 1 atom stereocenters. The third kappa shape index (κ3) is 3.97. The van der Waals surface area contributed by atoms with E-state index in [2.05, 4.69) is 26.1 Å². The largest absolute Gasteiger partial charge is 0.491 e. The Balaban J connectivity index is 2.92. The lowest BCUT2D eigenvalue weighted by Gasteiger charge is -2.28. The Morgan fingerprint density at radius 1 is 1.25 bits per heavy atom. The van der Waals surface area contributed by atoms with Crippen molar-refractivity contribution < 1.29 is 14.6 Å². The zero-order valence-electron chi connectivity index (χ0n) is 13.0. The van der Waals surface area contributed by atoms with Crippen molar-refractivity contribution in [1.82, 2.24) is 5.32 Å². The molecular formula is C16H25NO3. The van der Waals surface area contributed by atoms with Crippen LogP contribution in [-0.4, -0.2) is 29.8 Å². The molecule has 4 heteroatoms. The van der Waals surface area contributed by atoms with Gasteiger partial charge in [0.15, 0.2) is 0 Å². The monoisotopic (exact) mass is 279 g/mol. The Bertz CT molecular complexity index is 465. The minimum absolute atomic E-state index is 0.0472. The highest BCUT2D eigenvalue weighted by atomic mass is 16.5. The van der Waals surface area contributed by atoms with Gasteiger partial charge in [0.1, 0.15) is 17.9 Å². The van der Waals surface area contributed by atoms with Crippen LogP contribution in [-0.2, 0) is 10.2 Å². The van der Waals surface area contributed by atoms with Gasteiger partial charge >= 0.3 is 5.97 Å². The van der Waals surface area contributed by atoms with E-state index in [1.54, 1.807) is 6.92 Å².